The van der Waals surface area contributed by atoms with Gasteiger partial charge in [-0.05, 0) is 61.8 Å². The molecule has 0 saturated carbocycles. The summed E-state index contributed by atoms with van der Waals surface area (Å²) in [7, 11) is 0. The van der Waals surface area contributed by atoms with Gasteiger partial charge in [0.05, 0.1) is 10.9 Å². The first-order valence-corrected chi connectivity index (χ1v) is 10.8. The average Bonchev–Trinajstić information content (AvgIpc) is 3.02. The van der Waals surface area contributed by atoms with Gasteiger partial charge in [-0.3, -0.25) is 4.79 Å². The van der Waals surface area contributed by atoms with Crippen LogP contribution in [0.1, 0.15) is 25.0 Å². The van der Waals surface area contributed by atoms with Crippen LogP contribution in [0.5, 0.6) is 0 Å². The maximum absolute atomic E-state index is 12.5. The number of aryl methyl sites for hydroxylation is 2. The normalized spacial score (nSPS) is 12.0. The number of thioether (sulfide) groups is 1. The number of rotatable bonds is 6. The zero-order chi connectivity index (χ0) is 19.4. The Labute approximate surface area is 172 Å². The fourth-order valence-electron chi connectivity index (χ4n) is 2.53. The van der Waals surface area contributed by atoms with E-state index in [1.54, 1.807) is 4.68 Å². The van der Waals surface area contributed by atoms with E-state index >= 15 is 0 Å². The number of nitrogens with zero attached hydrogens (tertiary/aromatic N) is 2. The van der Waals surface area contributed by atoms with Crippen LogP contribution in [0.3, 0.4) is 0 Å². The minimum atomic E-state index is -0.276. The summed E-state index contributed by atoms with van der Waals surface area (Å²) in [5, 5.41) is 7.29. The van der Waals surface area contributed by atoms with E-state index in [9.17, 15) is 4.79 Å². The summed E-state index contributed by atoms with van der Waals surface area (Å²) in [4.78, 5) is 12.5. The van der Waals surface area contributed by atoms with Crippen LogP contribution in [0, 0.1) is 10.9 Å². The van der Waals surface area contributed by atoms with Gasteiger partial charge in [-0.1, -0.05) is 60.4 Å². The zero-order valence-corrected chi connectivity index (χ0v) is 17.9. The summed E-state index contributed by atoms with van der Waals surface area (Å²) < 4.78 is 3.23. The lowest BCUT2D eigenvalue weighted by Crippen LogP contribution is -2.22. The summed E-state index contributed by atoms with van der Waals surface area (Å²) in [6.45, 7) is 6.02. The Morgan fingerprint density at radius 2 is 1.96 bits per heavy atom. The number of hydrogen-bond acceptors (Lipinski definition) is 5. The van der Waals surface area contributed by atoms with E-state index in [1.807, 2.05) is 62.4 Å². The second kappa shape index (κ2) is 8.82. The number of nitrogens with one attached hydrogen (secondary N) is 1. The third-order valence-electron chi connectivity index (χ3n) is 4.15. The molecule has 1 amide bonds. The summed E-state index contributed by atoms with van der Waals surface area (Å²) in [6, 6.07) is 15.9. The van der Waals surface area contributed by atoms with Crippen molar-refractivity contribution in [2.45, 2.75) is 36.8 Å². The van der Waals surface area contributed by atoms with Crippen LogP contribution in [0.25, 0.3) is 5.69 Å². The van der Waals surface area contributed by atoms with Gasteiger partial charge < -0.3 is 5.32 Å². The molecule has 0 saturated heterocycles. The Balaban J connectivity index is 1.69. The number of carbonyl (C=O) groups excluding carboxylic acids is 1. The Kier molecular flexibility index (Phi) is 6.46. The molecular formula is C20H21N3OS3. The van der Waals surface area contributed by atoms with Crippen molar-refractivity contribution in [1.82, 2.24) is 9.78 Å². The molecule has 0 bridgehead atoms. The van der Waals surface area contributed by atoms with Crippen molar-refractivity contribution < 1.29 is 4.79 Å². The van der Waals surface area contributed by atoms with Gasteiger partial charge in [0, 0.05) is 5.69 Å². The number of para-hydroxylation sites is 1. The van der Waals surface area contributed by atoms with Gasteiger partial charge in [0.1, 0.15) is 0 Å². The number of carbonyl (C=O) groups is 1. The van der Waals surface area contributed by atoms with Crippen LogP contribution < -0.4 is 5.32 Å². The summed E-state index contributed by atoms with van der Waals surface area (Å²) in [5.74, 6) is -0.0483. The largest absolute Gasteiger partial charge is 0.325 e. The summed E-state index contributed by atoms with van der Waals surface area (Å²) >= 11 is 8.31. The number of anilines is 1. The summed E-state index contributed by atoms with van der Waals surface area (Å²) in [5.41, 5.74) is 4.13. The Hall–Kier alpha value is -1.96. The van der Waals surface area contributed by atoms with Crippen molar-refractivity contribution in [3.05, 3.63) is 63.6 Å². The zero-order valence-electron chi connectivity index (χ0n) is 15.4. The smallest absolute Gasteiger partial charge is 0.237 e. The predicted octanol–water partition coefficient (Wildman–Crippen LogP) is 5.65. The van der Waals surface area contributed by atoms with E-state index in [0.717, 1.165) is 27.7 Å². The SMILES string of the molecule is CCc1ccc(NC(=O)[C@@H](C)Sc2nn(-c3ccccc3C)c(=S)s2)cc1. The van der Waals surface area contributed by atoms with Crippen molar-refractivity contribution in [3.63, 3.8) is 0 Å². The quantitative estimate of drug-likeness (QED) is 0.417. The monoisotopic (exact) mass is 415 g/mol. The van der Waals surface area contributed by atoms with Crippen LogP contribution in [0.4, 0.5) is 5.69 Å². The van der Waals surface area contributed by atoms with Crippen LogP contribution in [0.2, 0.25) is 0 Å². The van der Waals surface area contributed by atoms with Gasteiger partial charge in [-0.2, -0.15) is 0 Å². The molecule has 3 rings (SSSR count). The maximum Gasteiger partial charge on any atom is 0.237 e. The molecule has 7 heteroatoms. The molecule has 0 radical (unpaired) electrons. The van der Waals surface area contributed by atoms with Gasteiger partial charge in [-0.15, -0.1) is 5.10 Å². The minimum Gasteiger partial charge on any atom is -0.325 e. The second-order valence-corrected chi connectivity index (χ2v) is 9.34. The van der Waals surface area contributed by atoms with E-state index in [-0.39, 0.29) is 11.2 Å². The molecular weight excluding hydrogens is 394 g/mol. The lowest BCUT2D eigenvalue weighted by molar-refractivity contribution is -0.115. The molecule has 4 nitrogen and oxygen atoms in total. The molecule has 140 valence electrons. The standard InChI is InChI=1S/C20H21N3OS3/c1-4-15-9-11-16(12-10-15)21-18(24)14(3)26-19-22-23(20(25)27-19)17-8-6-5-7-13(17)2/h5-12,14H,4H2,1-3H3,(H,21,24)/t14-/m1/s1. The van der Waals surface area contributed by atoms with Crippen molar-refractivity contribution in [1.29, 1.82) is 0 Å². The molecule has 2 aromatic carbocycles. The predicted molar refractivity (Wildman–Crippen MR) is 117 cm³/mol. The van der Waals surface area contributed by atoms with Crippen LogP contribution in [0.15, 0.2) is 52.9 Å². The molecule has 0 unspecified atom stereocenters. The molecule has 0 aliphatic heterocycles. The van der Waals surface area contributed by atoms with E-state index < -0.39 is 0 Å². The third kappa shape index (κ3) is 4.86. The molecule has 0 spiro atoms. The number of benzene rings is 2. The maximum atomic E-state index is 12.5. The third-order valence-corrected chi connectivity index (χ3v) is 6.57. The molecule has 0 fully saturated rings. The first-order chi connectivity index (χ1) is 13.0. The van der Waals surface area contributed by atoms with Crippen LogP contribution >= 0.6 is 35.3 Å². The molecule has 1 heterocycles. The first kappa shape index (κ1) is 19.8. The van der Waals surface area contributed by atoms with Gasteiger partial charge in [0.15, 0.2) is 8.29 Å². The number of amides is 1. The fraction of sp³-hybridized carbons (Fsp3) is 0.250. The minimum absolute atomic E-state index is 0.0483. The average molecular weight is 416 g/mol. The highest BCUT2D eigenvalue weighted by Gasteiger charge is 2.18. The van der Waals surface area contributed by atoms with E-state index in [2.05, 4.69) is 17.3 Å². The van der Waals surface area contributed by atoms with Crippen molar-refractivity contribution in [2.24, 2.45) is 0 Å². The molecule has 1 N–H and O–H groups in total. The highest BCUT2D eigenvalue weighted by Crippen LogP contribution is 2.29. The molecule has 3 aromatic rings. The molecule has 1 atom stereocenters. The van der Waals surface area contributed by atoms with E-state index in [0.29, 0.717) is 3.95 Å². The number of hydrogen-bond donors (Lipinski definition) is 1. The molecule has 0 aliphatic carbocycles. The Bertz CT molecular complexity index is 992. The number of aromatic nitrogens is 2. The van der Waals surface area contributed by atoms with Gasteiger partial charge in [0.2, 0.25) is 5.91 Å². The van der Waals surface area contributed by atoms with Crippen molar-refractivity contribution in [2.75, 3.05) is 5.32 Å². The van der Waals surface area contributed by atoms with Crippen LogP contribution in [-0.2, 0) is 11.2 Å². The fourth-order valence-corrected chi connectivity index (χ4v) is 5.03. The highest BCUT2D eigenvalue weighted by atomic mass is 32.2. The van der Waals surface area contributed by atoms with Crippen molar-refractivity contribution >= 4 is 46.9 Å². The lowest BCUT2D eigenvalue weighted by atomic mass is 10.1. The second-order valence-electron chi connectivity index (χ2n) is 6.13. The highest BCUT2D eigenvalue weighted by molar-refractivity contribution is 8.02. The van der Waals surface area contributed by atoms with Gasteiger partial charge in [-0.25, -0.2) is 4.68 Å². The van der Waals surface area contributed by atoms with Crippen molar-refractivity contribution in [3.8, 4) is 5.69 Å². The van der Waals surface area contributed by atoms with E-state index in [1.165, 1.54) is 28.7 Å². The topological polar surface area (TPSA) is 46.9 Å². The first-order valence-electron chi connectivity index (χ1n) is 8.70. The molecule has 1 aromatic heterocycles. The lowest BCUT2D eigenvalue weighted by Gasteiger charge is -2.10. The Morgan fingerprint density at radius 1 is 1.26 bits per heavy atom. The van der Waals surface area contributed by atoms with E-state index in [4.69, 9.17) is 12.2 Å². The van der Waals surface area contributed by atoms with Gasteiger partial charge >= 0.3 is 0 Å². The van der Waals surface area contributed by atoms with Gasteiger partial charge in [0.25, 0.3) is 0 Å². The molecule has 0 aliphatic rings. The molecule has 27 heavy (non-hydrogen) atoms. The van der Waals surface area contributed by atoms with Crippen LogP contribution in [-0.4, -0.2) is 20.9 Å². The Morgan fingerprint density at radius 3 is 2.63 bits per heavy atom. The summed E-state index contributed by atoms with van der Waals surface area (Å²) in [6.07, 6.45) is 0.981.